The maximum absolute atomic E-state index is 12.6. The number of hydrogen-bond donors (Lipinski definition) is 1. The van der Waals surface area contributed by atoms with Gasteiger partial charge in [0, 0.05) is 23.2 Å². The number of methoxy groups -OCH3 is 1. The Kier molecular flexibility index (Phi) is 4.92. The van der Waals surface area contributed by atoms with Gasteiger partial charge in [-0.1, -0.05) is 17.7 Å². The number of carbonyl (C=O) groups is 1. The van der Waals surface area contributed by atoms with Gasteiger partial charge in [-0.15, -0.1) is 0 Å². The normalized spacial score (nSPS) is 16.5. The van der Waals surface area contributed by atoms with Gasteiger partial charge >= 0.3 is 0 Å². The Morgan fingerprint density at radius 1 is 1.25 bits per heavy atom. The van der Waals surface area contributed by atoms with Crippen LogP contribution in [0.1, 0.15) is 18.1 Å². The molecule has 0 saturated heterocycles. The first-order chi connectivity index (χ1) is 11.6. The molecule has 5 nitrogen and oxygen atoms in total. The second-order valence-electron chi connectivity index (χ2n) is 5.52. The van der Waals surface area contributed by atoms with E-state index in [1.165, 1.54) is 0 Å². The Morgan fingerprint density at radius 3 is 2.67 bits per heavy atom. The number of halogens is 1. The second-order valence-corrected chi connectivity index (χ2v) is 5.95. The molecule has 126 valence electrons. The highest BCUT2D eigenvalue weighted by atomic mass is 35.5. The van der Waals surface area contributed by atoms with Crippen LogP contribution in [0, 0.1) is 0 Å². The molecule has 0 bridgehead atoms. The third kappa shape index (κ3) is 3.47. The zero-order valence-corrected chi connectivity index (χ0v) is 14.0. The van der Waals surface area contributed by atoms with E-state index < -0.39 is 6.10 Å². The van der Waals surface area contributed by atoms with Gasteiger partial charge in [0.1, 0.15) is 11.5 Å². The molecule has 1 aliphatic rings. The number of aliphatic hydroxyl groups excluding tert-OH is 1. The summed E-state index contributed by atoms with van der Waals surface area (Å²) in [7, 11) is 1.57. The third-order valence-electron chi connectivity index (χ3n) is 3.99. The van der Waals surface area contributed by atoms with Crippen molar-refractivity contribution in [2.45, 2.75) is 12.5 Å². The predicted molar refractivity (Wildman–Crippen MR) is 91.9 cm³/mol. The van der Waals surface area contributed by atoms with E-state index in [4.69, 9.17) is 21.1 Å². The van der Waals surface area contributed by atoms with E-state index in [9.17, 15) is 9.90 Å². The van der Waals surface area contributed by atoms with Crippen LogP contribution in [0.25, 0.3) is 0 Å². The smallest absolute Gasteiger partial charge is 0.264 e. The summed E-state index contributed by atoms with van der Waals surface area (Å²) in [5.74, 6) is 1.04. The summed E-state index contributed by atoms with van der Waals surface area (Å²) in [5.41, 5.74) is 1.39. The Bertz CT molecular complexity index is 732. The van der Waals surface area contributed by atoms with Crippen molar-refractivity contribution in [1.29, 1.82) is 0 Å². The lowest BCUT2D eigenvalue weighted by Gasteiger charge is -2.32. The van der Waals surface area contributed by atoms with Gasteiger partial charge in [0.2, 0.25) is 0 Å². The number of amides is 1. The molecule has 3 rings (SSSR count). The number of benzene rings is 2. The number of anilines is 1. The van der Waals surface area contributed by atoms with Crippen LogP contribution in [0.15, 0.2) is 42.5 Å². The van der Waals surface area contributed by atoms with Crippen molar-refractivity contribution in [3.63, 3.8) is 0 Å². The summed E-state index contributed by atoms with van der Waals surface area (Å²) in [4.78, 5) is 14.2. The summed E-state index contributed by atoms with van der Waals surface area (Å²) >= 11 is 5.83. The predicted octanol–water partition coefficient (Wildman–Crippen LogP) is 3.20. The Labute approximate surface area is 145 Å². The molecule has 6 heteroatoms. The van der Waals surface area contributed by atoms with Gasteiger partial charge in [-0.05, 0) is 36.8 Å². The van der Waals surface area contributed by atoms with Crippen LogP contribution in [0.4, 0.5) is 5.69 Å². The molecule has 1 amide bonds. The lowest BCUT2D eigenvalue weighted by Crippen LogP contribution is -2.39. The Balaban J connectivity index is 1.75. The molecule has 2 aromatic rings. The molecule has 1 unspecified atom stereocenters. The molecule has 0 aromatic heterocycles. The molecule has 1 N–H and O–H groups in total. The van der Waals surface area contributed by atoms with Crippen LogP contribution in [-0.2, 0) is 4.79 Å². The van der Waals surface area contributed by atoms with Crippen molar-refractivity contribution >= 4 is 23.2 Å². The summed E-state index contributed by atoms with van der Waals surface area (Å²) < 4.78 is 10.8. The van der Waals surface area contributed by atoms with Crippen molar-refractivity contribution < 1.29 is 19.4 Å². The third-order valence-corrected chi connectivity index (χ3v) is 4.24. The zero-order chi connectivity index (χ0) is 17.1. The van der Waals surface area contributed by atoms with E-state index in [0.717, 1.165) is 5.56 Å². The first kappa shape index (κ1) is 16.6. The summed E-state index contributed by atoms with van der Waals surface area (Å²) in [6, 6.07) is 12.2. The van der Waals surface area contributed by atoms with E-state index >= 15 is 0 Å². The highest BCUT2D eigenvalue weighted by Gasteiger charge is 2.28. The Morgan fingerprint density at radius 2 is 1.96 bits per heavy atom. The van der Waals surface area contributed by atoms with Gasteiger partial charge in [0.25, 0.3) is 5.91 Å². The van der Waals surface area contributed by atoms with Crippen molar-refractivity contribution in [2.75, 3.05) is 25.2 Å². The number of fused-ring (bicyclic) bond motifs is 1. The molecule has 0 radical (unpaired) electrons. The monoisotopic (exact) mass is 347 g/mol. The first-order valence-corrected chi connectivity index (χ1v) is 8.01. The number of hydrogen-bond acceptors (Lipinski definition) is 4. The molecule has 0 aliphatic carbocycles. The van der Waals surface area contributed by atoms with Gasteiger partial charge < -0.3 is 19.5 Å². The van der Waals surface area contributed by atoms with Crippen molar-refractivity contribution in [3.8, 4) is 11.5 Å². The molecule has 0 saturated carbocycles. The number of aliphatic hydroxyl groups is 1. The largest absolute Gasteiger partial charge is 0.497 e. The molecular formula is C18H18ClNO4. The highest BCUT2D eigenvalue weighted by molar-refractivity contribution is 6.30. The minimum atomic E-state index is -0.577. The number of nitrogens with zero attached hydrogens (tertiary/aromatic N) is 1. The average molecular weight is 348 g/mol. The molecule has 0 fully saturated rings. The van der Waals surface area contributed by atoms with Gasteiger partial charge in [-0.25, -0.2) is 0 Å². The van der Waals surface area contributed by atoms with Crippen LogP contribution in [0.2, 0.25) is 5.02 Å². The topological polar surface area (TPSA) is 59.0 Å². The molecular weight excluding hydrogens is 330 g/mol. The fraction of sp³-hybridized carbons (Fsp3) is 0.278. The quantitative estimate of drug-likeness (QED) is 0.922. The van der Waals surface area contributed by atoms with Gasteiger partial charge in [-0.2, -0.15) is 0 Å². The lowest BCUT2D eigenvalue weighted by molar-refractivity contribution is -0.120. The molecule has 1 atom stereocenters. The lowest BCUT2D eigenvalue weighted by atomic mass is 9.98. The Hall–Kier alpha value is -2.24. The highest BCUT2D eigenvalue weighted by Crippen LogP contribution is 2.36. The van der Waals surface area contributed by atoms with E-state index in [0.29, 0.717) is 35.2 Å². The van der Waals surface area contributed by atoms with Crippen LogP contribution in [0.3, 0.4) is 0 Å². The number of ether oxygens (including phenoxy) is 2. The summed E-state index contributed by atoms with van der Waals surface area (Å²) in [6.45, 7) is 0.346. The van der Waals surface area contributed by atoms with E-state index in [1.54, 1.807) is 54.5 Å². The molecule has 1 heterocycles. The average Bonchev–Trinajstić information content (AvgIpc) is 2.61. The zero-order valence-electron chi connectivity index (χ0n) is 13.2. The number of carbonyl (C=O) groups excluding carboxylic acids is 1. The van der Waals surface area contributed by atoms with Gasteiger partial charge in [0.05, 0.1) is 18.9 Å². The SMILES string of the molecule is COc1ccc2c(c1)N(C(=O)COc1ccc(Cl)cc1)CCC2O. The summed E-state index contributed by atoms with van der Waals surface area (Å²) in [6.07, 6.45) is -0.0846. The van der Waals surface area contributed by atoms with Crippen molar-refractivity contribution in [3.05, 3.63) is 53.1 Å². The minimum Gasteiger partial charge on any atom is -0.497 e. The van der Waals surface area contributed by atoms with Crippen molar-refractivity contribution in [2.24, 2.45) is 0 Å². The molecule has 0 spiro atoms. The fourth-order valence-electron chi connectivity index (χ4n) is 2.71. The maximum Gasteiger partial charge on any atom is 0.264 e. The summed E-state index contributed by atoms with van der Waals surface area (Å²) in [5, 5.41) is 10.7. The van der Waals surface area contributed by atoms with Gasteiger partial charge in [0.15, 0.2) is 6.61 Å². The van der Waals surface area contributed by atoms with Crippen LogP contribution >= 0.6 is 11.6 Å². The van der Waals surface area contributed by atoms with E-state index in [2.05, 4.69) is 0 Å². The van der Waals surface area contributed by atoms with Crippen LogP contribution in [-0.4, -0.2) is 31.3 Å². The molecule has 1 aliphatic heterocycles. The second kappa shape index (κ2) is 7.11. The standard InChI is InChI=1S/C18H18ClNO4/c1-23-14-6-7-15-16(10-14)20(9-8-17(15)21)18(22)11-24-13-4-2-12(19)3-5-13/h2-7,10,17,21H,8-9,11H2,1H3. The van der Waals surface area contributed by atoms with Crippen LogP contribution < -0.4 is 14.4 Å². The van der Waals surface area contributed by atoms with Gasteiger partial charge in [-0.3, -0.25) is 4.79 Å². The first-order valence-electron chi connectivity index (χ1n) is 7.63. The molecule has 24 heavy (non-hydrogen) atoms. The van der Waals surface area contributed by atoms with Crippen molar-refractivity contribution in [1.82, 2.24) is 0 Å². The minimum absolute atomic E-state index is 0.0889. The van der Waals surface area contributed by atoms with E-state index in [-0.39, 0.29) is 12.5 Å². The van der Waals surface area contributed by atoms with E-state index in [1.807, 2.05) is 0 Å². The van der Waals surface area contributed by atoms with Crippen LogP contribution in [0.5, 0.6) is 11.5 Å². The maximum atomic E-state index is 12.6. The number of rotatable bonds is 4. The molecule has 2 aromatic carbocycles. The fourth-order valence-corrected chi connectivity index (χ4v) is 2.83.